The van der Waals surface area contributed by atoms with Gasteiger partial charge in [0.05, 0.1) is 30.1 Å². The second-order valence-corrected chi connectivity index (χ2v) is 12.3. The molecule has 1 saturated heterocycles. The first kappa shape index (κ1) is 28.9. The number of alkyl halides is 3. The molecule has 1 saturated carbocycles. The Morgan fingerprint density at radius 2 is 1.67 bits per heavy atom. The van der Waals surface area contributed by atoms with E-state index in [1.807, 2.05) is 6.07 Å². The van der Waals surface area contributed by atoms with Crippen molar-refractivity contribution in [1.29, 1.82) is 0 Å². The number of carbonyl (C=O) groups is 2. The number of halogens is 3. The minimum Gasteiger partial charge on any atom is -0.349 e. The Bertz CT molecular complexity index is 1290. The number of hydrogen-bond donors (Lipinski definition) is 2. The predicted molar refractivity (Wildman–Crippen MR) is 142 cm³/mol. The van der Waals surface area contributed by atoms with E-state index in [-0.39, 0.29) is 11.7 Å². The van der Waals surface area contributed by atoms with Gasteiger partial charge in [-0.05, 0) is 55.4 Å². The Kier molecular flexibility index (Phi) is 8.55. The van der Waals surface area contributed by atoms with Crippen LogP contribution in [0.4, 0.5) is 18.9 Å². The smallest absolute Gasteiger partial charge is 0.349 e. The third-order valence-corrected chi connectivity index (χ3v) is 8.74. The van der Waals surface area contributed by atoms with Crippen LogP contribution >= 0.6 is 0 Å². The molecule has 4 rings (SSSR count). The number of nitrogens with one attached hydrogen (secondary N) is 2. The number of hydrogen-bond acceptors (Lipinski definition) is 5. The van der Waals surface area contributed by atoms with E-state index < -0.39 is 45.7 Å². The number of anilines is 1. The van der Waals surface area contributed by atoms with Gasteiger partial charge in [0.1, 0.15) is 0 Å². The summed E-state index contributed by atoms with van der Waals surface area (Å²) in [6.07, 6.45) is 0.511. The number of nitrogens with zero attached hydrogens (tertiary/aromatic N) is 2. The molecular formula is C27H33F3N4O4S. The van der Waals surface area contributed by atoms with Gasteiger partial charge < -0.3 is 10.6 Å². The minimum absolute atomic E-state index is 0.0511. The molecule has 2 aromatic carbocycles. The van der Waals surface area contributed by atoms with Gasteiger partial charge in [0.2, 0.25) is 15.9 Å². The van der Waals surface area contributed by atoms with E-state index >= 15 is 0 Å². The quantitative estimate of drug-likeness (QED) is 0.511. The lowest BCUT2D eigenvalue weighted by atomic mass is 9.80. The summed E-state index contributed by atoms with van der Waals surface area (Å²) in [5.41, 5.74) is -0.494. The van der Waals surface area contributed by atoms with Crippen molar-refractivity contribution in [2.45, 2.75) is 49.9 Å². The van der Waals surface area contributed by atoms with Crippen molar-refractivity contribution in [3.8, 4) is 0 Å². The fourth-order valence-corrected chi connectivity index (χ4v) is 5.71. The fraction of sp³-hybridized carbons (Fsp3) is 0.481. The van der Waals surface area contributed by atoms with Crippen molar-refractivity contribution >= 4 is 27.5 Å². The average molecular weight is 567 g/mol. The Morgan fingerprint density at radius 1 is 1.03 bits per heavy atom. The summed E-state index contributed by atoms with van der Waals surface area (Å²) in [5.74, 6) is -0.770. The van der Waals surface area contributed by atoms with Crippen molar-refractivity contribution in [3.05, 3.63) is 65.2 Å². The Labute approximate surface area is 226 Å². The number of sulfonamides is 1. The molecule has 8 nitrogen and oxygen atoms in total. The van der Waals surface area contributed by atoms with Crippen LogP contribution in [-0.2, 0) is 21.0 Å². The zero-order valence-corrected chi connectivity index (χ0v) is 22.7. The van der Waals surface area contributed by atoms with E-state index in [2.05, 4.69) is 39.8 Å². The van der Waals surface area contributed by atoms with Gasteiger partial charge in [-0.1, -0.05) is 30.3 Å². The van der Waals surface area contributed by atoms with Crippen LogP contribution in [0.25, 0.3) is 0 Å². The van der Waals surface area contributed by atoms with Crippen molar-refractivity contribution in [1.82, 2.24) is 15.5 Å². The first-order valence-corrected chi connectivity index (χ1v) is 14.7. The van der Waals surface area contributed by atoms with Crippen LogP contribution in [0.5, 0.6) is 0 Å². The SMILES string of the molecule is CN(c1cc(C(=O)NCC(=O)NC2CN([C@H]3CC[C@@H](c4ccccc4)CC3)C2)cc(C(F)(F)F)c1)S(C)(=O)=O. The highest BCUT2D eigenvalue weighted by Gasteiger charge is 2.36. The maximum absolute atomic E-state index is 13.4. The predicted octanol–water partition coefficient (Wildman–Crippen LogP) is 3.36. The molecule has 39 heavy (non-hydrogen) atoms. The molecule has 0 bridgehead atoms. The van der Waals surface area contributed by atoms with E-state index in [1.54, 1.807) is 0 Å². The van der Waals surface area contributed by atoms with Gasteiger partial charge in [0.15, 0.2) is 0 Å². The molecule has 2 aliphatic rings. The highest BCUT2D eigenvalue weighted by atomic mass is 32.2. The first-order chi connectivity index (χ1) is 18.3. The summed E-state index contributed by atoms with van der Waals surface area (Å²) in [6.45, 7) is 1.02. The number of rotatable bonds is 8. The molecule has 2 N–H and O–H groups in total. The van der Waals surface area contributed by atoms with E-state index in [1.165, 1.54) is 5.56 Å². The van der Waals surface area contributed by atoms with Crippen LogP contribution < -0.4 is 14.9 Å². The highest BCUT2D eigenvalue weighted by Crippen LogP contribution is 2.36. The van der Waals surface area contributed by atoms with E-state index in [9.17, 15) is 31.2 Å². The Morgan fingerprint density at radius 3 is 2.26 bits per heavy atom. The zero-order valence-electron chi connectivity index (χ0n) is 21.9. The molecule has 0 spiro atoms. The molecule has 1 heterocycles. The fourth-order valence-electron chi connectivity index (χ4n) is 5.22. The molecule has 212 valence electrons. The second-order valence-electron chi connectivity index (χ2n) is 10.3. The molecule has 0 atom stereocenters. The van der Waals surface area contributed by atoms with Gasteiger partial charge in [-0.25, -0.2) is 8.42 Å². The van der Waals surface area contributed by atoms with Crippen molar-refractivity contribution in [2.75, 3.05) is 37.2 Å². The first-order valence-electron chi connectivity index (χ1n) is 12.8. The lowest BCUT2D eigenvalue weighted by molar-refractivity contribution is -0.137. The summed E-state index contributed by atoms with van der Waals surface area (Å²) < 4.78 is 64.4. The average Bonchev–Trinajstić information content (AvgIpc) is 2.88. The van der Waals surface area contributed by atoms with Crippen LogP contribution in [0.1, 0.15) is 53.1 Å². The Balaban J connectivity index is 1.25. The van der Waals surface area contributed by atoms with E-state index in [4.69, 9.17) is 0 Å². The molecule has 0 radical (unpaired) electrons. The number of amides is 2. The minimum atomic E-state index is -4.79. The summed E-state index contributed by atoms with van der Waals surface area (Å²) in [7, 11) is -2.76. The maximum Gasteiger partial charge on any atom is 0.416 e. The monoisotopic (exact) mass is 566 g/mol. The van der Waals surface area contributed by atoms with Gasteiger partial charge in [0.25, 0.3) is 5.91 Å². The van der Waals surface area contributed by atoms with Gasteiger partial charge in [-0.2, -0.15) is 13.2 Å². The summed E-state index contributed by atoms with van der Waals surface area (Å²) in [4.78, 5) is 27.3. The van der Waals surface area contributed by atoms with Crippen molar-refractivity contribution in [3.63, 3.8) is 0 Å². The molecule has 2 fully saturated rings. The molecule has 2 aromatic rings. The van der Waals surface area contributed by atoms with Gasteiger partial charge in [-0.3, -0.25) is 18.8 Å². The van der Waals surface area contributed by atoms with E-state index in [0.717, 1.165) is 58.1 Å². The molecule has 1 aliphatic heterocycles. The van der Waals surface area contributed by atoms with Gasteiger partial charge in [0, 0.05) is 31.7 Å². The third-order valence-electron chi connectivity index (χ3n) is 7.54. The molecule has 0 unspecified atom stereocenters. The summed E-state index contributed by atoms with van der Waals surface area (Å²) in [5, 5.41) is 5.18. The standard InChI is InChI=1S/C27H33F3N4O4S/c1-33(39(2,37)38)24-13-20(12-21(14-24)27(28,29)30)26(36)31-15-25(35)32-22-16-34(17-22)23-10-8-19(9-11-23)18-6-4-3-5-7-18/h3-7,12-14,19,22-23H,8-11,15-17H2,1-2H3,(H,31,36)(H,32,35)/t19-,23+. The number of likely N-dealkylation sites (tertiary alicyclic amines) is 1. The van der Waals surface area contributed by atoms with Crippen LogP contribution in [0.15, 0.2) is 48.5 Å². The van der Waals surface area contributed by atoms with Crippen LogP contribution in [-0.4, -0.2) is 70.2 Å². The summed E-state index contributed by atoms with van der Waals surface area (Å²) in [6, 6.07) is 13.3. The van der Waals surface area contributed by atoms with Crippen LogP contribution in [0, 0.1) is 0 Å². The number of benzene rings is 2. The molecule has 2 amide bonds. The molecule has 12 heteroatoms. The van der Waals surface area contributed by atoms with Gasteiger partial charge in [-0.15, -0.1) is 0 Å². The molecular weight excluding hydrogens is 533 g/mol. The highest BCUT2D eigenvalue weighted by molar-refractivity contribution is 7.92. The maximum atomic E-state index is 13.4. The lowest BCUT2D eigenvalue weighted by Gasteiger charge is -2.46. The summed E-state index contributed by atoms with van der Waals surface area (Å²) >= 11 is 0. The van der Waals surface area contributed by atoms with Crippen LogP contribution in [0.3, 0.4) is 0 Å². The topological polar surface area (TPSA) is 98.8 Å². The molecule has 1 aliphatic carbocycles. The van der Waals surface area contributed by atoms with Crippen LogP contribution in [0.2, 0.25) is 0 Å². The Hall–Kier alpha value is -3.12. The van der Waals surface area contributed by atoms with Gasteiger partial charge >= 0.3 is 6.18 Å². The molecule has 0 aromatic heterocycles. The number of carbonyl (C=O) groups excluding carboxylic acids is 2. The van der Waals surface area contributed by atoms with E-state index in [0.29, 0.717) is 28.4 Å². The zero-order chi connectivity index (χ0) is 28.4. The van der Waals surface area contributed by atoms with Crippen molar-refractivity contribution in [2.24, 2.45) is 0 Å². The largest absolute Gasteiger partial charge is 0.416 e. The second kappa shape index (κ2) is 11.5. The third kappa shape index (κ3) is 7.30. The lowest BCUT2D eigenvalue weighted by Crippen LogP contribution is -2.63. The van der Waals surface area contributed by atoms with Crippen molar-refractivity contribution < 1.29 is 31.2 Å². The normalized spacial score (nSPS) is 20.6.